The molecular formula is C11H19N3S. The first kappa shape index (κ1) is 11.0. The molecule has 0 aromatic carbocycles. The molecule has 0 spiro atoms. The molecule has 1 heterocycles. The van der Waals surface area contributed by atoms with Crippen molar-refractivity contribution in [2.75, 3.05) is 5.75 Å². The minimum atomic E-state index is 0.885. The van der Waals surface area contributed by atoms with Crippen LogP contribution >= 0.6 is 11.8 Å². The molecule has 15 heavy (non-hydrogen) atoms. The molecule has 4 heteroatoms. The van der Waals surface area contributed by atoms with Crippen LogP contribution in [0.15, 0.2) is 11.5 Å². The minimum Gasteiger partial charge on any atom is -0.312 e. The van der Waals surface area contributed by atoms with Crippen molar-refractivity contribution >= 4 is 11.8 Å². The highest BCUT2D eigenvalue weighted by Crippen LogP contribution is 2.32. The number of rotatable bonds is 3. The minimum absolute atomic E-state index is 0.885. The molecule has 0 amide bonds. The van der Waals surface area contributed by atoms with Crippen LogP contribution in [0, 0.1) is 11.8 Å². The van der Waals surface area contributed by atoms with Crippen molar-refractivity contribution in [3.63, 3.8) is 0 Å². The maximum Gasteiger partial charge on any atom is 0.190 e. The lowest BCUT2D eigenvalue weighted by atomic mass is 9.83. The molecule has 2 rings (SSSR count). The molecular weight excluding hydrogens is 206 g/mol. The van der Waals surface area contributed by atoms with E-state index < -0.39 is 0 Å². The predicted molar refractivity (Wildman–Crippen MR) is 62.8 cm³/mol. The first-order chi connectivity index (χ1) is 7.25. The predicted octanol–water partition coefficient (Wildman–Crippen LogP) is 2.73. The number of aryl methyl sites for hydroxylation is 1. The van der Waals surface area contributed by atoms with Crippen molar-refractivity contribution < 1.29 is 0 Å². The molecule has 84 valence electrons. The molecule has 0 saturated heterocycles. The number of hydrogen-bond acceptors (Lipinski definition) is 3. The molecule has 0 unspecified atom stereocenters. The van der Waals surface area contributed by atoms with Crippen LogP contribution in [-0.4, -0.2) is 20.5 Å². The SMILES string of the molecule is C[C@@H]1CCC[C@@H](CSc2nncn2C)C1. The van der Waals surface area contributed by atoms with Gasteiger partial charge in [0, 0.05) is 12.8 Å². The second-order valence-corrected chi connectivity index (χ2v) is 5.66. The highest BCUT2D eigenvalue weighted by Gasteiger charge is 2.19. The van der Waals surface area contributed by atoms with Gasteiger partial charge in [0.2, 0.25) is 0 Å². The Hall–Kier alpha value is -0.510. The molecule has 3 nitrogen and oxygen atoms in total. The van der Waals surface area contributed by atoms with Gasteiger partial charge in [0.15, 0.2) is 5.16 Å². The zero-order chi connectivity index (χ0) is 10.7. The Labute approximate surface area is 95.7 Å². The molecule has 2 atom stereocenters. The second-order valence-electron chi connectivity index (χ2n) is 4.67. The van der Waals surface area contributed by atoms with E-state index in [2.05, 4.69) is 17.1 Å². The molecule has 1 aromatic heterocycles. The van der Waals surface area contributed by atoms with Gasteiger partial charge in [-0.2, -0.15) is 0 Å². The zero-order valence-corrected chi connectivity index (χ0v) is 10.3. The first-order valence-corrected chi connectivity index (χ1v) is 6.71. The molecule has 1 aliphatic carbocycles. The van der Waals surface area contributed by atoms with E-state index in [0.717, 1.165) is 17.0 Å². The van der Waals surface area contributed by atoms with Crippen LogP contribution in [0.4, 0.5) is 0 Å². The van der Waals surface area contributed by atoms with E-state index in [-0.39, 0.29) is 0 Å². The molecule has 1 aromatic rings. The van der Waals surface area contributed by atoms with E-state index in [9.17, 15) is 0 Å². The van der Waals surface area contributed by atoms with E-state index >= 15 is 0 Å². The second kappa shape index (κ2) is 5.01. The average molecular weight is 225 g/mol. The molecule has 0 N–H and O–H groups in total. The maximum atomic E-state index is 4.10. The van der Waals surface area contributed by atoms with Crippen molar-refractivity contribution in [1.29, 1.82) is 0 Å². The first-order valence-electron chi connectivity index (χ1n) is 5.72. The average Bonchev–Trinajstić information content (AvgIpc) is 2.61. The van der Waals surface area contributed by atoms with Gasteiger partial charge in [-0.05, 0) is 24.7 Å². The van der Waals surface area contributed by atoms with Gasteiger partial charge in [-0.1, -0.05) is 31.5 Å². The summed E-state index contributed by atoms with van der Waals surface area (Å²) in [6, 6.07) is 0. The van der Waals surface area contributed by atoms with Crippen LogP contribution in [0.5, 0.6) is 0 Å². The Morgan fingerprint density at radius 3 is 3.07 bits per heavy atom. The van der Waals surface area contributed by atoms with Gasteiger partial charge in [-0.25, -0.2) is 0 Å². The molecule has 0 radical (unpaired) electrons. The number of hydrogen-bond donors (Lipinski definition) is 0. The fourth-order valence-electron chi connectivity index (χ4n) is 2.31. The van der Waals surface area contributed by atoms with Gasteiger partial charge in [-0.15, -0.1) is 10.2 Å². The number of thioether (sulfide) groups is 1. The van der Waals surface area contributed by atoms with Gasteiger partial charge in [0.25, 0.3) is 0 Å². The number of nitrogens with zero attached hydrogens (tertiary/aromatic N) is 3. The normalized spacial score (nSPS) is 26.8. The monoisotopic (exact) mass is 225 g/mol. The summed E-state index contributed by atoms with van der Waals surface area (Å²) in [6.45, 7) is 2.37. The topological polar surface area (TPSA) is 30.7 Å². The van der Waals surface area contributed by atoms with E-state index in [0.29, 0.717) is 0 Å². The third-order valence-electron chi connectivity index (χ3n) is 3.16. The van der Waals surface area contributed by atoms with Gasteiger partial charge in [0.05, 0.1) is 0 Å². The summed E-state index contributed by atoms with van der Waals surface area (Å²) >= 11 is 1.85. The summed E-state index contributed by atoms with van der Waals surface area (Å²) in [6.07, 6.45) is 7.39. The van der Waals surface area contributed by atoms with E-state index in [1.54, 1.807) is 6.33 Å². The zero-order valence-electron chi connectivity index (χ0n) is 9.52. The van der Waals surface area contributed by atoms with Gasteiger partial charge < -0.3 is 4.57 Å². The van der Waals surface area contributed by atoms with Crippen molar-refractivity contribution in [3.8, 4) is 0 Å². The molecule has 0 bridgehead atoms. The van der Waals surface area contributed by atoms with Crippen LogP contribution in [0.2, 0.25) is 0 Å². The van der Waals surface area contributed by atoms with Crippen molar-refractivity contribution in [2.45, 2.75) is 37.8 Å². The lowest BCUT2D eigenvalue weighted by molar-refractivity contribution is 0.305. The standard InChI is InChI=1S/C11H19N3S/c1-9-4-3-5-10(6-9)7-15-11-13-12-8-14(11)2/h8-10H,3-7H2,1-2H3/t9-,10-/m1/s1. The fourth-order valence-corrected chi connectivity index (χ4v) is 3.35. The highest BCUT2D eigenvalue weighted by atomic mass is 32.2. The molecule has 1 fully saturated rings. The van der Waals surface area contributed by atoms with Gasteiger partial charge in [-0.3, -0.25) is 0 Å². The smallest absolute Gasteiger partial charge is 0.190 e. The maximum absolute atomic E-state index is 4.10. The third kappa shape index (κ3) is 2.97. The third-order valence-corrected chi connectivity index (χ3v) is 4.43. The van der Waals surface area contributed by atoms with E-state index in [1.807, 2.05) is 23.4 Å². The van der Waals surface area contributed by atoms with Crippen LogP contribution in [-0.2, 0) is 7.05 Å². The Morgan fingerprint density at radius 1 is 1.53 bits per heavy atom. The van der Waals surface area contributed by atoms with E-state index in [4.69, 9.17) is 0 Å². The quantitative estimate of drug-likeness (QED) is 0.741. The molecule has 1 saturated carbocycles. The lowest BCUT2D eigenvalue weighted by Gasteiger charge is -2.26. The summed E-state index contributed by atoms with van der Waals surface area (Å²) in [5, 5.41) is 9.04. The Morgan fingerprint density at radius 2 is 2.40 bits per heavy atom. The lowest BCUT2D eigenvalue weighted by Crippen LogP contribution is -2.15. The summed E-state index contributed by atoms with van der Waals surface area (Å²) in [5.41, 5.74) is 0. The van der Waals surface area contributed by atoms with Crippen LogP contribution in [0.3, 0.4) is 0 Å². The van der Waals surface area contributed by atoms with Gasteiger partial charge in [0.1, 0.15) is 6.33 Å². The van der Waals surface area contributed by atoms with Crippen molar-refractivity contribution in [2.24, 2.45) is 18.9 Å². The fraction of sp³-hybridized carbons (Fsp3) is 0.818. The Kier molecular flexibility index (Phi) is 3.67. The van der Waals surface area contributed by atoms with Crippen LogP contribution in [0.1, 0.15) is 32.6 Å². The van der Waals surface area contributed by atoms with Crippen LogP contribution in [0.25, 0.3) is 0 Å². The van der Waals surface area contributed by atoms with Crippen molar-refractivity contribution in [1.82, 2.24) is 14.8 Å². The Bertz CT molecular complexity index is 311. The van der Waals surface area contributed by atoms with Crippen LogP contribution < -0.4 is 0 Å². The summed E-state index contributed by atoms with van der Waals surface area (Å²) in [7, 11) is 2.01. The molecule has 1 aliphatic rings. The summed E-state index contributed by atoms with van der Waals surface area (Å²) in [5.74, 6) is 3.01. The van der Waals surface area contributed by atoms with Crippen molar-refractivity contribution in [3.05, 3.63) is 6.33 Å². The number of aromatic nitrogens is 3. The Balaban J connectivity index is 1.80. The largest absolute Gasteiger partial charge is 0.312 e. The molecule has 0 aliphatic heterocycles. The van der Waals surface area contributed by atoms with Gasteiger partial charge >= 0.3 is 0 Å². The van der Waals surface area contributed by atoms with E-state index in [1.165, 1.54) is 31.4 Å². The summed E-state index contributed by atoms with van der Waals surface area (Å²) < 4.78 is 2.00. The summed E-state index contributed by atoms with van der Waals surface area (Å²) in [4.78, 5) is 0. The highest BCUT2D eigenvalue weighted by molar-refractivity contribution is 7.99.